The van der Waals surface area contributed by atoms with Crippen LogP contribution in [0.15, 0.2) is 0 Å². The maximum Gasteiger partial charge on any atom is 0.324 e. The van der Waals surface area contributed by atoms with Crippen LogP contribution in [0.4, 0.5) is 0 Å². The van der Waals surface area contributed by atoms with E-state index < -0.39 is 43.5 Å². The topological polar surface area (TPSA) is 82.1 Å². The fraction of sp³-hybridized carbons (Fsp3) is 0.885. The molecule has 7 nitrogen and oxygen atoms in total. The number of esters is 2. The number of rotatable bonds is 9. The van der Waals surface area contributed by atoms with Crippen LogP contribution in [0.5, 0.6) is 0 Å². The first-order chi connectivity index (χ1) is 15.2. The van der Waals surface area contributed by atoms with Gasteiger partial charge in [-0.15, -0.1) is 0 Å². The third-order valence-corrected chi connectivity index (χ3v) is 11.1. The average molecular weight is 500 g/mol. The Morgan fingerprint density at radius 2 is 1.53 bits per heavy atom. The van der Waals surface area contributed by atoms with Crippen molar-refractivity contribution in [3.63, 3.8) is 0 Å². The van der Waals surface area contributed by atoms with Crippen molar-refractivity contribution in [2.24, 2.45) is 11.8 Å². The molecule has 0 amide bonds. The largest absolute Gasteiger partial charge is 0.459 e. The molecular weight excluding hydrogens is 450 g/mol. The van der Waals surface area contributed by atoms with E-state index in [-0.39, 0.29) is 16.9 Å². The highest BCUT2D eigenvalue weighted by atomic mass is 28.4. The van der Waals surface area contributed by atoms with E-state index in [2.05, 4.69) is 33.9 Å². The molecule has 0 spiro atoms. The molecule has 198 valence electrons. The minimum absolute atomic E-state index is 0.0424. The first-order valence-electron chi connectivity index (χ1n) is 12.5. The number of nitrogens with zero attached hydrogens (tertiary/aromatic N) is 1. The van der Waals surface area contributed by atoms with Gasteiger partial charge in [0.1, 0.15) is 29.6 Å². The molecule has 0 N–H and O–H groups in total. The summed E-state index contributed by atoms with van der Waals surface area (Å²) < 4.78 is 17.9. The Kier molecular flexibility index (Phi) is 10.1. The Hall–Kier alpha value is -1.25. The molecule has 1 aliphatic heterocycles. The van der Waals surface area contributed by atoms with E-state index in [0.29, 0.717) is 26.0 Å². The first-order valence-corrected chi connectivity index (χ1v) is 15.4. The molecule has 0 radical (unpaired) electrons. The van der Waals surface area contributed by atoms with Gasteiger partial charge in [-0.3, -0.25) is 14.5 Å². The molecule has 1 unspecified atom stereocenters. The summed E-state index contributed by atoms with van der Waals surface area (Å²) in [5.41, 5.74) is -1.36. The van der Waals surface area contributed by atoms with Gasteiger partial charge in [-0.2, -0.15) is 0 Å². The van der Waals surface area contributed by atoms with Crippen molar-refractivity contribution >= 4 is 26.5 Å². The van der Waals surface area contributed by atoms with Crippen LogP contribution in [-0.2, 0) is 28.3 Å². The van der Waals surface area contributed by atoms with Gasteiger partial charge in [0, 0.05) is 19.1 Å². The molecule has 1 saturated heterocycles. The second-order valence-electron chi connectivity index (χ2n) is 13.1. The Morgan fingerprint density at radius 3 is 1.94 bits per heavy atom. The van der Waals surface area contributed by atoms with E-state index in [0.717, 1.165) is 6.29 Å². The minimum Gasteiger partial charge on any atom is -0.459 e. The lowest BCUT2D eigenvalue weighted by atomic mass is 9.96. The first kappa shape index (κ1) is 30.8. The van der Waals surface area contributed by atoms with Gasteiger partial charge in [-0.25, -0.2) is 0 Å². The lowest BCUT2D eigenvalue weighted by Gasteiger charge is -2.37. The lowest BCUT2D eigenvalue weighted by Crippen LogP contribution is -2.54. The van der Waals surface area contributed by atoms with Gasteiger partial charge < -0.3 is 18.7 Å². The number of likely N-dealkylation sites (tertiary alicyclic amines) is 1. The highest BCUT2D eigenvalue weighted by Crippen LogP contribution is 2.38. The molecule has 1 fully saturated rings. The summed E-state index contributed by atoms with van der Waals surface area (Å²) in [6.07, 6.45) is 1.79. The second-order valence-corrected chi connectivity index (χ2v) is 17.9. The quantitative estimate of drug-likeness (QED) is 0.251. The maximum absolute atomic E-state index is 13.3. The predicted molar refractivity (Wildman–Crippen MR) is 137 cm³/mol. The van der Waals surface area contributed by atoms with E-state index in [4.69, 9.17) is 13.9 Å². The van der Waals surface area contributed by atoms with Crippen LogP contribution >= 0.6 is 0 Å². The molecule has 34 heavy (non-hydrogen) atoms. The summed E-state index contributed by atoms with van der Waals surface area (Å²) in [7, 11) is -1.98. The van der Waals surface area contributed by atoms with Gasteiger partial charge in [0.2, 0.25) is 0 Å². The average Bonchev–Trinajstić information content (AvgIpc) is 3.04. The third kappa shape index (κ3) is 8.75. The molecule has 0 aromatic heterocycles. The van der Waals surface area contributed by atoms with Gasteiger partial charge in [0.15, 0.2) is 8.32 Å². The van der Waals surface area contributed by atoms with E-state index in [1.165, 1.54) is 0 Å². The SMILES string of the molecule is CC[C@@H](C=O)[C@H](C(=O)OC(C)(C)C)N1C[C@H](CO[Si](C)(C)C(C)(C)C)CC1C(=O)OC(C)(C)C. The standard InChI is InChI=1S/C26H49NO6Si/c1-13-19(16-28)21(23(30)33-25(5,6)7)27-15-18(17-31-34(11,12)26(8,9)10)14-20(27)22(29)32-24(2,3)4/h16,18-21H,13-15,17H2,1-12H3/t18-,19+,20?,21-/m1/s1. The molecule has 0 saturated carbocycles. The van der Waals surface area contributed by atoms with Crippen molar-refractivity contribution < 1.29 is 28.3 Å². The van der Waals surface area contributed by atoms with Crippen LogP contribution in [0, 0.1) is 11.8 Å². The van der Waals surface area contributed by atoms with Gasteiger partial charge in [-0.05, 0) is 78.4 Å². The highest BCUT2D eigenvalue weighted by Gasteiger charge is 2.48. The van der Waals surface area contributed by atoms with Gasteiger partial charge >= 0.3 is 11.9 Å². The monoisotopic (exact) mass is 499 g/mol. The number of aldehydes is 1. The van der Waals surface area contributed by atoms with E-state index >= 15 is 0 Å². The summed E-state index contributed by atoms with van der Waals surface area (Å²) in [5, 5.41) is 0.0692. The van der Waals surface area contributed by atoms with E-state index in [9.17, 15) is 14.4 Å². The number of carbonyl (C=O) groups is 3. The Balaban J connectivity index is 3.30. The van der Waals surface area contributed by atoms with Crippen LogP contribution in [-0.4, -0.2) is 67.9 Å². The van der Waals surface area contributed by atoms with Gasteiger partial charge in [0.25, 0.3) is 0 Å². The Bertz CT molecular complexity index is 716. The predicted octanol–water partition coefficient (Wildman–Crippen LogP) is 4.98. The van der Waals surface area contributed by atoms with Crippen LogP contribution < -0.4 is 0 Å². The molecule has 0 aliphatic carbocycles. The fourth-order valence-corrected chi connectivity index (χ4v) is 4.92. The normalized spacial score (nSPS) is 22.2. The summed E-state index contributed by atoms with van der Waals surface area (Å²) >= 11 is 0. The van der Waals surface area contributed by atoms with Crippen LogP contribution in [0.25, 0.3) is 0 Å². The van der Waals surface area contributed by atoms with Gasteiger partial charge in [-0.1, -0.05) is 27.7 Å². The second kappa shape index (κ2) is 11.2. The van der Waals surface area contributed by atoms with Crippen LogP contribution in [0.2, 0.25) is 18.1 Å². The van der Waals surface area contributed by atoms with Crippen molar-refractivity contribution in [2.45, 2.75) is 123 Å². The van der Waals surface area contributed by atoms with Gasteiger partial charge in [0.05, 0.1) is 0 Å². The van der Waals surface area contributed by atoms with Crippen molar-refractivity contribution in [2.75, 3.05) is 13.2 Å². The molecule has 0 aromatic carbocycles. The molecule has 8 heteroatoms. The summed E-state index contributed by atoms with van der Waals surface area (Å²) in [6, 6.07) is -1.49. The Labute approximate surface area is 208 Å². The smallest absolute Gasteiger partial charge is 0.324 e. The summed E-state index contributed by atoms with van der Waals surface area (Å²) in [6.45, 7) is 24.7. The molecule has 0 bridgehead atoms. The molecule has 1 rings (SSSR count). The molecule has 1 heterocycles. The van der Waals surface area contributed by atoms with Crippen molar-refractivity contribution in [3.05, 3.63) is 0 Å². The number of hydrogen-bond donors (Lipinski definition) is 0. The van der Waals surface area contributed by atoms with E-state index in [1.807, 2.05) is 32.6 Å². The number of ether oxygens (including phenoxy) is 2. The summed E-state index contributed by atoms with van der Waals surface area (Å²) in [4.78, 5) is 40.4. The molecule has 0 aromatic rings. The molecule has 4 atom stereocenters. The fourth-order valence-electron chi connectivity index (χ4n) is 3.84. The molecular formula is C26H49NO6Si. The summed E-state index contributed by atoms with van der Waals surface area (Å²) in [5.74, 6) is -1.40. The lowest BCUT2D eigenvalue weighted by molar-refractivity contribution is -0.170. The van der Waals surface area contributed by atoms with Crippen molar-refractivity contribution in [3.8, 4) is 0 Å². The number of carbonyl (C=O) groups excluding carboxylic acids is 3. The van der Waals surface area contributed by atoms with Crippen molar-refractivity contribution in [1.29, 1.82) is 0 Å². The zero-order valence-electron chi connectivity index (χ0n) is 23.6. The van der Waals surface area contributed by atoms with Crippen LogP contribution in [0.1, 0.15) is 82.1 Å². The van der Waals surface area contributed by atoms with Crippen LogP contribution in [0.3, 0.4) is 0 Å². The zero-order chi connectivity index (χ0) is 26.7. The Morgan fingerprint density at radius 1 is 1.00 bits per heavy atom. The maximum atomic E-state index is 13.3. The van der Waals surface area contributed by atoms with E-state index in [1.54, 1.807) is 20.8 Å². The van der Waals surface area contributed by atoms with Crippen molar-refractivity contribution in [1.82, 2.24) is 4.90 Å². The molecule has 1 aliphatic rings. The third-order valence-electron chi connectivity index (χ3n) is 6.65. The number of hydrogen-bond acceptors (Lipinski definition) is 7. The zero-order valence-corrected chi connectivity index (χ0v) is 24.6. The highest BCUT2D eigenvalue weighted by molar-refractivity contribution is 6.74. The minimum atomic E-state index is -1.98.